The molecule has 0 spiro atoms. The van der Waals surface area contributed by atoms with Crippen LogP contribution in [-0.4, -0.2) is 53.3 Å². The maximum absolute atomic E-state index is 13.7. The van der Waals surface area contributed by atoms with Crippen LogP contribution in [0, 0.1) is 0 Å². The molecule has 0 saturated carbocycles. The average molecular weight is 500 g/mol. The van der Waals surface area contributed by atoms with Gasteiger partial charge in [-0.05, 0) is 52.9 Å². The van der Waals surface area contributed by atoms with Gasteiger partial charge in [0.15, 0.2) is 5.78 Å². The molecule has 1 aromatic heterocycles. The summed E-state index contributed by atoms with van der Waals surface area (Å²) in [7, 11) is 4.27. The molecule has 2 aromatic carbocycles. The highest BCUT2D eigenvalue weighted by molar-refractivity contribution is 9.10. The summed E-state index contributed by atoms with van der Waals surface area (Å²) < 4.78 is 18.1. The van der Waals surface area contributed by atoms with Gasteiger partial charge in [0.2, 0.25) is 5.95 Å². The predicted octanol–water partition coefficient (Wildman–Crippen LogP) is 2.78. The van der Waals surface area contributed by atoms with E-state index in [0.717, 1.165) is 4.47 Å². The molecule has 164 valence electrons. The third-order valence-electron chi connectivity index (χ3n) is 4.99. The minimum absolute atomic E-state index is 0.0578. The zero-order chi connectivity index (χ0) is 22.8. The Morgan fingerprint density at radius 3 is 2.47 bits per heavy atom. The minimum Gasteiger partial charge on any atom is -0.497 e. The summed E-state index contributed by atoms with van der Waals surface area (Å²) in [5, 5.41) is 14.5. The third-order valence-corrected chi connectivity index (χ3v) is 5.52. The Hall–Kier alpha value is -3.73. The van der Waals surface area contributed by atoms with Crippen LogP contribution in [0.4, 0.5) is 5.95 Å². The molecule has 1 atom stereocenters. The summed E-state index contributed by atoms with van der Waals surface area (Å²) in [6.07, 6.45) is 0. The molecular formula is C21H18BrN5O5. The van der Waals surface area contributed by atoms with Gasteiger partial charge in [0.1, 0.15) is 23.2 Å². The average Bonchev–Trinajstić information content (AvgIpc) is 3.30. The normalized spacial score (nSPS) is 14.9. The summed E-state index contributed by atoms with van der Waals surface area (Å²) in [5.74, 6) is 0.0362. The molecule has 0 amide bonds. The number of hydrogen-bond donors (Lipinski definition) is 1. The molecule has 32 heavy (non-hydrogen) atoms. The molecule has 0 fully saturated rings. The Morgan fingerprint density at radius 1 is 1.06 bits per heavy atom. The van der Waals surface area contributed by atoms with Crippen molar-refractivity contribution < 1.29 is 23.8 Å². The van der Waals surface area contributed by atoms with Gasteiger partial charge in [-0.1, -0.05) is 21.0 Å². The van der Waals surface area contributed by atoms with E-state index in [-0.39, 0.29) is 17.2 Å². The van der Waals surface area contributed by atoms with Gasteiger partial charge >= 0.3 is 5.97 Å². The van der Waals surface area contributed by atoms with Crippen LogP contribution in [-0.2, 0) is 9.53 Å². The van der Waals surface area contributed by atoms with Gasteiger partial charge in [-0.3, -0.25) is 4.79 Å². The number of fused-ring (bicyclic) bond motifs is 1. The molecule has 1 aliphatic rings. The highest BCUT2D eigenvalue weighted by Gasteiger charge is 2.40. The largest absolute Gasteiger partial charge is 0.497 e. The van der Waals surface area contributed by atoms with Crippen molar-refractivity contribution in [3.8, 4) is 11.5 Å². The van der Waals surface area contributed by atoms with Crippen LogP contribution in [0.25, 0.3) is 0 Å². The number of carbonyl (C=O) groups excluding carboxylic acids is 2. The summed E-state index contributed by atoms with van der Waals surface area (Å²) in [4.78, 5) is 26.5. The van der Waals surface area contributed by atoms with Crippen molar-refractivity contribution >= 4 is 33.6 Å². The van der Waals surface area contributed by atoms with E-state index in [4.69, 9.17) is 14.2 Å². The van der Waals surface area contributed by atoms with E-state index in [1.807, 2.05) is 0 Å². The number of nitrogens with one attached hydrogen (secondary N) is 1. The number of nitrogens with zero attached hydrogens (tertiary/aromatic N) is 4. The lowest BCUT2D eigenvalue weighted by Crippen LogP contribution is -2.33. The van der Waals surface area contributed by atoms with E-state index in [0.29, 0.717) is 22.6 Å². The molecular weight excluding hydrogens is 482 g/mol. The molecule has 4 rings (SSSR count). The fraction of sp³-hybridized carbons (Fsp3) is 0.190. The molecule has 2 heterocycles. The minimum atomic E-state index is -0.892. The smallest absolute Gasteiger partial charge is 0.355 e. The maximum Gasteiger partial charge on any atom is 0.355 e. The van der Waals surface area contributed by atoms with E-state index < -0.39 is 17.8 Å². The van der Waals surface area contributed by atoms with Gasteiger partial charge in [-0.2, -0.15) is 4.68 Å². The topological polar surface area (TPSA) is 117 Å². The Balaban J connectivity index is 2.00. The Kier molecular flexibility index (Phi) is 5.91. The molecule has 0 unspecified atom stereocenters. The van der Waals surface area contributed by atoms with Crippen LogP contribution in [0.5, 0.6) is 11.5 Å². The van der Waals surface area contributed by atoms with Crippen molar-refractivity contribution in [3.63, 3.8) is 0 Å². The second-order valence-electron chi connectivity index (χ2n) is 6.70. The number of ketones is 1. The monoisotopic (exact) mass is 499 g/mol. The van der Waals surface area contributed by atoms with Gasteiger partial charge in [0, 0.05) is 15.6 Å². The van der Waals surface area contributed by atoms with Crippen LogP contribution in [0.15, 0.2) is 58.2 Å². The maximum atomic E-state index is 13.7. The molecule has 3 aromatic rings. The molecule has 1 N–H and O–H groups in total. The van der Waals surface area contributed by atoms with Crippen LogP contribution < -0.4 is 14.8 Å². The fourth-order valence-electron chi connectivity index (χ4n) is 3.49. The molecule has 0 aliphatic carbocycles. The summed E-state index contributed by atoms with van der Waals surface area (Å²) in [5.41, 5.74) is 0.946. The predicted molar refractivity (Wildman–Crippen MR) is 117 cm³/mol. The zero-order valence-electron chi connectivity index (χ0n) is 17.3. The van der Waals surface area contributed by atoms with Crippen molar-refractivity contribution in [1.29, 1.82) is 0 Å². The first-order chi connectivity index (χ1) is 15.5. The first-order valence-corrected chi connectivity index (χ1v) is 10.2. The second-order valence-corrected chi connectivity index (χ2v) is 7.61. The van der Waals surface area contributed by atoms with Crippen molar-refractivity contribution in [2.75, 3.05) is 26.6 Å². The molecule has 10 nitrogen and oxygen atoms in total. The SMILES string of the molecule is COC(=O)C1=C(C(=O)c2ccc(Br)cc2)[C@H](c2cc(OC)ccc2OC)n2nnnc2N1. The molecule has 0 radical (unpaired) electrons. The second kappa shape index (κ2) is 8.79. The quantitative estimate of drug-likeness (QED) is 0.403. The highest BCUT2D eigenvalue weighted by atomic mass is 79.9. The van der Waals surface area contributed by atoms with Crippen molar-refractivity contribution in [2.45, 2.75) is 6.04 Å². The summed E-state index contributed by atoms with van der Waals surface area (Å²) >= 11 is 3.37. The number of allylic oxidation sites excluding steroid dienone is 1. The van der Waals surface area contributed by atoms with Crippen molar-refractivity contribution in [1.82, 2.24) is 20.2 Å². The van der Waals surface area contributed by atoms with Gasteiger partial charge in [0.25, 0.3) is 0 Å². The number of benzene rings is 2. The Bertz CT molecular complexity index is 1220. The van der Waals surface area contributed by atoms with Crippen LogP contribution >= 0.6 is 15.9 Å². The fourth-order valence-corrected chi connectivity index (χ4v) is 3.75. The van der Waals surface area contributed by atoms with Gasteiger partial charge < -0.3 is 19.5 Å². The number of carbonyl (C=O) groups is 2. The number of halogens is 1. The van der Waals surface area contributed by atoms with Crippen LogP contribution in [0.3, 0.4) is 0 Å². The van der Waals surface area contributed by atoms with E-state index in [1.54, 1.807) is 42.5 Å². The van der Waals surface area contributed by atoms with Gasteiger partial charge in [-0.25, -0.2) is 4.79 Å². The van der Waals surface area contributed by atoms with E-state index >= 15 is 0 Å². The summed E-state index contributed by atoms with van der Waals surface area (Å²) in [6.45, 7) is 0. The van der Waals surface area contributed by atoms with Crippen LogP contribution in [0.2, 0.25) is 0 Å². The number of tetrazole rings is 1. The number of rotatable bonds is 6. The zero-order valence-corrected chi connectivity index (χ0v) is 18.9. The Morgan fingerprint density at radius 2 is 1.81 bits per heavy atom. The Labute approximate surface area is 191 Å². The third kappa shape index (κ3) is 3.71. The molecule has 0 saturated heterocycles. The number of hydrogen-bond acceptors (Lipinski definition) is 9. The van der Waals surface area contributed by atoms with E-state index in [2.05, 4.69) is 36.8 Å². The van der Waals surface area contributed by atoms with Gasteiger partial charge in [0.05, 0.1) is 26.9 Å². The van der Waals surface area contributed by atoms with E-state index in [1.165, 1.54) is 26.0 Å². The number of Topliss-reactive ketones (excluding diaryl/α,β-unsaturated/α-hetero) is 1. The standard InChI is InChI=1S/C21H18BrN5O5/c1-30-13-8-9-15(31-2)14(10-13)18-16(19(28)11-4-6-12(22)7-5-11)17(20(29)32-3)23-21-24-25-26-27(18)21/h4-10,18H,1-3H3,(H,23,24,26)/t18-/m0/s1. The number of methoxy groups -OCH3 is 3. The molecule has 1 aliphatic heterocycles. The summed E-state index contributed by atoms with van der Waals surface area (Å²) in [6, 6.07) is 11.1. The molecule has 0 bridgehead atoms. The molecule has 11 heteroatoms. The lowest BCUT2D eigenvalue weighted by Gasteiger charge is -2.29. The first-order valence-electron chi connectivity index (χ1n) is 9.38. The van der Waals surface area contributed by atoms with E-state index in [9.17, 15) is 9.59 Å². The lowest BCUT2D eigenvalue weighted by molar-refractivity contribution is -0.136. The lowest BCUT2D eigenvalue weighted by atomic mass is 9.89. The first kappa shape index (κ1) is 21.5. The van der Waals surface area contributed by atoms with Crippen LogP contribution in [0.1, 0.15) is 22.0 Å². The van der Waals surface area contributed by atoms with Crippen molar-refractivity contribution in [2.24, 2.45) is 0 Å². The number of aromatic nitrogens is 4. The van der Waals surface area contributed by atoms with Crippen molar-refractivity contribution in [3.05, 3.63) is 69.3 Å². The van der Waals surface area contributed by atoms with Gasteiger partial charge in [-0.15, -0.1) is 0 Å². The highest BCUT2D eigenvalue weighted by Crippen LogP contribution is 2.41. The number of esters is 1. The number of ether oxygens (including phenoxy) is 3. The number of anilines is 1.